The molecule has 2 rings (SSSR count). The summed E-state index contributed by atoms with van der Waals surface area (Å²) in [5.74, 6) is 5.28. The van der Waals surface area contributed by atoms with Crippen LogP contribution in [0.1, 0.15) is 19.3 Å². The Morgan fingerprint density at radius 1 is 0.900 bits per heavy atom. The van der Waals surface area contributed by atoms with Gasteiger partial charge in [-0.25, -0.2) is 0 Å². The Morgan fingerprint density at radius 3 is 1.95 bits per heavy atom. The van der Waals surface area contributed by atoms with Crippen molar-refractivity contribution in [3.8, 4) is 36.7 Å². The SMILES string of the molecule is C#CCOc1nc(OCC#C)nc(N2CCCCC2)n1. The zero-order chi connectivity index (χ0) is 14.2. The Labute approximate surface area is 118 Å². The van der Waals surface area contributed by atoms with Crippen LogP contribution in [0.25, 0.3) is 0 Å². The van der Waals surface area contributed by atoms with Crippen LogP contribution in [0.15, 0.2) is 0 Å². The molecule has 6 nitrogen and oxygen atoms in total. The minimum atomic E-state index is 0.0953. The second kappa shape index (κ2) is 7.20. The van der Waals surface area contributed by atoms with Gasteiger partial charge in [0.05, 0.1) is 0 Å². The number of anilines is 1. The van der Waals surface area contributed by atoms with Crippen molar-refractivity contribution < 1.29 is 9.47 Å². The Balaban J connectivity index is 2.19. The first-order valence-electron chi connectivity index (χ1n) is 6.47. The minimum Gasteiger partial charge on any atom is -0.450 e. The molecule has 0 aromatic carbocycles. The summed E-state index contributed by atoms with van der Waals surface area (Å²) in [7, 11) is 0. The Morgan fingerprint density at radius 2 is 1.45 bits per heavy atom. The largest absolute Gasteiger partial charge is 0.450 e. The van der Waals surface area contributed by atoms with Gasteiger partial charge in [-0.15, -0.1) is 17.8 Å². The van der Waals surface area contributed by atoms with Gasteiger partial charge in [0.1, 0.15) is 0 Å². The Bertz CT molecular complexity index is 491. The van der Waals surface area contributed by atoms with E-state index < -0.39 is 0 Å². The fourth-order valence-electron chi connectivity index (χ4n) is 1.90. The molecule has 0 N–H and O–H groups in total. The lowest BCUT2D eigenvalue weighted by Crippen LogP contribution is -2.31. The molecule has 0 bridgehead atoms. The highest BCUT2D eigenvalue weighted by atomic mass is 16.5. The average Bonchev–Trinajstić information content (AvgIpc) is 2.51. The maximum atomic E-state index is 5.25. The number of terminal acetylenes is 2. The fourth-order valence-corrected chi connectivity index (χ4v) is 1.90. The lowest BCUT2D eigenvalue weighted by molar-refractivity contribution is 0.303. The quantitative estimate of drug-likeness (QED) is 0.742. The lowest BCUT2D eigenvalue weighted by Gasteiger charge is -2.26. The number of hydrogen-bond donors (Lipinski definition) is 0. The zero-order valence-corrected chi connectivity index (χ0v) is 11.2. The van der Waals surface area contributed by atoms with Gasteiger partial charge in [-0.1, -0.05) is 11.8 Å². The molecular weight excluding hydrogens is 256 g/mol. The molecule has 0 atom stereocenters. The van der Waals surface area contributed by atoms with Crippen LogP contribution >= 0.6 is 0 Å². The molecule has 0 radical (unpaired) electrons. The van der Waals surface area contributed by atoms with E-state index in [4.69, 9.17) is 22.3 Å². The van der Waals surface area contributed by atoms with Gasteiger partial charge in [-0.2, -0.15) is 9.97 Å². The monoisotopic (exact) mass is 272 g/mol. The molecule has 6 heteroatoms. The third-order valence-electron chi connectivity index (χ3n) is 2.79. The number of piperidine rings is 1. The molecule has 104 valence electrons. The van der Waals surface area contributed by atoms with E-state index in [0.717, 1.165) is 25.9 Å². The third kappa shape index (κ3) is 3.76. The molecule has 0 spiro atoms. The summed E-state index contributed by atoms with van der Waals surface area (Å²) >= 11 is 0. The first kappa shape index (κ1) is 14.0. The fraction of sp³-hybridized carbons (Fsp3) is 0.500. The number of aromatic nitrogens is 3. The van der Waals surface area contributed by atoms with Crippen LogP contribution in [0.3, 0.4) is 0 Å². The van der Waals surface area contributed by atoms with Crippen molar-refractivity contribution in [1.82, 2.24) is 15.0 Å². The molecule has 1 aliphatic rings. The normalized spacial score (nSPS) is 14.2. The van der Waals surface area contributed by atoms with Crippen molar-refractivity contribution in [3.63, 3.8) is 0 Å². The summed E-state index contributed by atoms with van der Waals surface area (Å²) in [6.45, 7) is 2.01. The van der Waals surface area contributed by atoms with E-state index in [1.54, 1.807) is 0 Å². The van der Waals surface area contributed by atoms with Crippen LogP contribution in [0.4, 0.5) is 5.95 Å². The predicted octanol–water partition coefficient (Wildman–Crippen LogP) is 0.886. The molecule has 1 saturated heterocycles. The summed E-state index contributed by atoms with van der Waals surface area (Å²) in [6.07, 6.45) is 13.8. The predicted molar refractivity (Wildman–Crippen MR) is 74.5 cm³/mol. The van der Waals surface area contributed by atoms with Crippen molar-refractivity contribution in [2.24, 2.45) is 0 Å². The van der Waals surface area contributed by atoms with E-state index in [-0.39, 0.29) is 25.2 Å². The van der Waals surface area contributed by atoms with Crippen LogP contribution in [0, 0.1) is 24.7 Å². The van der Waals surface area contributed by atoms with Crippen molar-refractivity contribution in [2.75, 3.05) is 31.2 Å². The van der Waals surface area contributed by atoms with Crippen LogP contribution in [0.2, 0.25) is 0 Å². The molecule has 0 aliphatic carbocycles. The van der Waals surface area contributed by atoms with Crippen LogP contribution in [-0.2, 0) is 0 Å². The topological polar surface area (TPSA) is 60.4 Å². The van der Waals surface area contributed by atoms with Gasteiger partial charge >= 0.3 is 12.0 Å². The van der Waals surface area contributed by atoms with E-state index in [2.05, 4.69) is 31.7 Å². The standard InChI is InChI=1S/C14H16N4O2/c1-3-10-19-13-15-12(18-8-6-5-7-9-18)16-14(17-13)20-11-4-2/h1-2H,5-11H2. The van der Waals surface area contributed by atoms with Crippen molar-refractivity contribution >= 4 is 5.95 Å². The molecule has 20 heavy (non-hydrogen) atoms. The highest BCUT2D eigenvalue weighted by Gasteiger charge is 2.17. The van der Waals surface area contributed by atoms with Crippen molar-refractivity contribution in [2.45, 2.75) is 19.3 Å². The van der Waals surface area contributed by atoms with Gasteiger partial charge in [-0.05, 0) is 19.3 Å². The number of nitrogens with zero attached hydrogens (tertiary/aromatic N) is 4. The second-order valence-corrected chi connectivity index (χ2v) is 4.23. The summed E-state index contributed by atoms with van der Waals surface area (Å²) < 4.78 is 10.5. The van der Waals surface area contributed by atoms with E-state index in [1.807, 2.05) is 0 Å². The minimum absolute atomic E-state index is 0.0953. The first-order chi connectivity index (χ1) is 9.83. The molecule has 1 fully saturated rings. The molecule has 1 aromatic rings. The smallest absolute Gasteiger partial charge is 0.325 e. The Hall–Kier alpha value is -2.47. The van der Waals surface area contributed by atoms with Crippen molar-refractivity contribution in [3.05, 3.63) is 0 Å². The first-order valence-corrected chi connectivity index (χ1v) is 6.47. The molecule has 1 aliphatic heterocycles. The maximum absolute atomic E-state index is 5.25. The lowest BCUT2D eigenvalue weighted by atomic mass is 10.1. The molecule has 0 saturated carbocycles. The number of hydrogen-bond acceptors (Lipinski definition) is 6. The highest BCUT2D eigenvalue weighted by molar-refractivity contribution is 5.32. The summed E-state index contributed by atoms with van der Waals surface area (Å²) in [6, 6.07) is 0.316. The number of ether oxygens (including phenoxy) is 2. The molecule has 0 unspecified atom stereocenters. The van der Waals surface area contributed by atoms with E-state index in [0.29, 0.717) is 5.95 Å². The average molecular weight is 272 g/mol. The van der Waals surface area contributed by atoms with Crippen LogP contribution in [0.5, 0.6) is 12.0 Å². The van der Waals surface area contributed by atoms with E-state index in [1.165, 1.54) is 6.42 Å². The molecule has 1 aromatic heterocycles. The molecular formula is C14H16N4O2. The molecule has 2 heterocycles. The van der Waals surface area contributed by atoms with Crippen molar-refractivity contribution in [1.29, 1.82) is 0 Å². The van der Waals surface area contributed by atoms with Gasteiger partial charge in [0.2, 0.25) is 5.95 Å². The molecule has 0 amide bonds. The van der Waals surface area contributed by atoms with Gasteiger partial charge in [0.15, 0.2) is 13.2 Å². The van der Waals surface area contributed by atoms with Gasteiger partial charge in [0, 0.05) is 13.1 Å². The van der Waals surface area contributed by atoms with Crippen LogP contribution < -0.4 is 14.4 Å². The summed E-state index contributed by atoms with van der Waals surface area (Å²) in [5, 5.41) is 0. The van der Waals surface area contributed by atoms with Crippen LogP contribution in [-0.4, -0.2) is 41.3 Å². The highest BCUT2D eigenvalue weighted by Crippen LogP contribution is 2.20. The zero-order valence-electron chi connectivity index (χ0n) is 11.2. The third-order valence-corrected chi connectivity index (χ3v) is 2.79. The van der Waals surface area contributed by atoms with E-state index >= 15 is 0 Å². The van der Waals surface area contributed by atoms with Gasteiger partial charge in [-0.3, -0.25) is 0 Å². The summed E-state index contributed by atoms with van der Waals surface area (Å²) in [4.78, 5) is 14.6. The van der Waals surface area contributed by atoms with Gasteiger partial charge in [0.25, 0.3) is 0 Å². The Kier molecular flexibility index (Phi) is 5.02. The second-order valence-electron chi connectivity index (χ2n) is 4.23. The van der Waals surface area contributed by atoms with E-state index in [9.17, 15) is 0 Å². The van der Waals surface area contributed by atoms with Gasteiger partial charge < -0.3 is 14.4 Å². The maximum Gasteiger partial charge on any atom is 0.325 e. The summed E-state index contributed by atoms with van der Waals surface area (Å²) in [5.41, 5.74) is 0. The number of rotatable bonds is 5.